The zero-order chi connectivity index (χ0) is 14.3. The molecule has 0 saturated carbocycles. The summed E-state index contributed by atoms with van der Waals surface area (Å²) in [5.74, 6) is 0. The minimum atomic E-state index is -0.343. The van der Waals surface area contributed by atoms with Crippen LogP contribution in [0.2, 0.25) is 0 Å². The summed E-state index contributed by atoms with van der Waals surface area (Å²) in [7, 11) is 2.02. The van der Waals surface area contributed by atoms with E-state index in [1.807, 2.05) is 20.0 Å². The van der Waals surface area contributed by atoms with E-state index in [1.165, 1.54) is 0 Å². The fourth-order valence-electron chi connectivity index (χ4n) is 1.76. The molecular weight excluding hydrogens is 244 g/mol. The lowest BCUT2D eigenvalue weighted by Gasteiger charge is -2.15. The summed E-state index contributed by atoms with van der Waals surface area (Å²) in [6, 6.07) is 5.28. The minimum Gasteiger partial charge on any atom is -0.380 e. The first-order valence-corrected chi connectivity index (χ1v) is 6.53. The SMILES string of the molecule is CCNc1cccc(NCCN(C)CC)c1[N+](=O)[O-]. The highest BCUT2D eigenvalue weighted by Crippen LogP contribution is 2.32. The van der Waals surface area contributed by atoms with Crippen molar-refractivity contribution in [3.05, 3.63) is 28.3 Å². The number of para-hydroxylation sites is 1. The van der Waals surface area contributed by atoms with Crippen LogP contribution in [-0.4, -0.2) is 43.0 Å². The average Bonchev–Trinajstić information content (AvgIpc) is 2.38. The predicted molar refractivity (Wildman–Crippen MR) is 78.9 cm³/mol. The molecule has 1 rings (SSSR count). The molecule has 0 aliphatic heterocycles. The molecule has 0 fully saturated rings. The fourth-order valence-corrected chi connectivity index (χ4v) is 1.76. The van der Waals surface area contributed by atoms with Crippen molar-refractivity contribution in [2.75, 3.05) is 43.9 Å². The summed E-state index contributed by atoms with van der Waals surface area (Å²) < 4.78 is 0. The lowest BCUT2D eigenvalue weighted by molar-refractivity contribution is -0.383. The van der Waals surface area contributed by atoms with Gasteiger partial charge in [-0.15, -0.1) is 0 Å². The maximum atomic E-state index is 11.2. The first kappa shape index (κ1) is 15.2. The number of likely N-dealkylation sites (N-methyl/N-ethyl adjacent to an activating group) is 1. The van der Waals surface area contributed by atoms with Gasteiger partial charge >= 0.3 is 5.69 Å². The Balaban J connectivity index is 2.81. The third-order valence-corrected chi connectivity index (χ3v) is 2.93. The number of nitro groups is 1. The molecule has 0 heterocycles. The second-order valence-corrected chi connectivity index (χ2v) is 4.31. The molecule has 19 heavy (non-hydrogen) atoms. The number of nitro benzene ring substituents is 1. The van der Waals surface area contributed by atoms with Crippen molar-refractivity contribution in [3.8, 4) is 0 Å². The van der Waals surface area contributed by atoms with Crippen LogP contribution in [0.1, 0.15) is 13.8 Å². The molecule has 0 aromatic heterocycles. The van der Waals surface area contributed by atoms with Gasteiger partial charge in [0.15, 0.2) is 0 Å². The van der Waals surface area contributed by atoms with Crippen LogP contribution < -0.4 is 10.6 Å². The predicted octanol–water partition coefficient (Wildman–Crippen LogP) is 2.39. The van der Waals surface area contributed by atoms with Crippen LogP contribution in [0, 0.1) is 10.1 Å². The van der Waals surface area contributed by atoms with E-state index in [1.54, 1.807) is 12.1 Å². The van der Waals surface area contributed by atoms with Gasteiger partial charge in [-0.25, -0.2) is 0 Å². The summed E-state index contributed by atoms with van der Waals surface area (Å²) in [4.78, 5) is 13.0. The zero-order valence-electron chi connectivity index (χ0n) is 11.8. The summed E-state index contributed by atoms with van der Waals surface area (Å²) in [5, 5.41) is 17.3. The molecule has 0 atom stereocenters. The van der Waals surface area contributed by atoms with E-state index in [4.69, 9.17) is 0 Å². The lowest BCUT2D eigenvalue weighted by Crippen LogP contribution is -2.24. The normalized spacial score (nSPS) is 10.5. The van der Waals surface area contributed by atoms with Crippen LogP contribution in [0.25, 0.3) is 0 Å². The Bertz CT molecular complexity index is 423. The Hall–Kier alpha value is -1.82. The molecule has 0 spiro atoms. The van der Waals surface area contributed by atoms with Gasteiger partial charge < -0.3 is 15.5 Å². The fraction of sp³-hybridized carbons (Fsp3) is 0.538. The zero-order valence-corrected chi connectivity index (χ0v) is 11.8. The Morgan fingerprint density at radius 2 is 1.89 bits per heavy atom. The van der Waals surface area contributed by atoms with Crippen molar-refractivity contribution >= 4 is 17.1 Å². The molecule has 6 nitrogen and oxygen atoms in total. The average molecular weight is 266 g/mol. The summed E-state index contributed by atoms with van der Waals surface area (Å²) in [5.41, 5.74) is 1.23. The van der Waals surface area contributed by atoms with E-state index in [0.717, 1.165) is 13.1 Å². The lowest BCUT2D eigenvalue weighted by atomic mass is 10.2. The first-order chi connectivity index (χ1) is 9.10. The van der Waals surface area contributed by atoms with Gasteiger partial charge in [0.2, 0.25) is 0 Å². The number of benzene rings is 1. The quantitative estimate of drug-likeness (QED) is 0.558. The van der Waals surface area contributed by atoms with Crippen LogP contribution in [0.5, 0.6) is 0 Å². The molecule has 2 N–H and O–H groups in total. The molecule has 0 aliphatic rings. The molecule has 0 aliphatic carbocycles. The largest absolute Gasteiger partial charge is 0.380 e. The van der Waals surface area contributed by atoms with Crippen molar-refractivity contribution in [1.29, 1.82) is 0 Å². The molecule has 1 aromatic carbocycles. The number of hydrogen-bond acceptors (Lipinski definition) is 5. The Labute approximate surface area is 113 Å². The number of nitrogens with zero attached hydrogens (tertiary/aromatic N) is 2. The van der Waals surface area contributed by atoms with Gasteiger partial charge in [-0.05, 0) is 32.6 Å². The third-order valence-electron chi connectivity index (χ3n) is 2.93. The monoisotopic (exact) mass is 266 g/mol. The highest BCUT2D eigenvalue weighted by atomic mass is 16.6. The van der Waals surface area contributed by atoms with Crippen LogP contribution in [0.3, 0.4) is 0 Å². The molecule has 0 unspecified atom stereocenters. The van der Waals surface area contributed by atoms with E-state index in [-0.39, 0.29) is 10.6 Å². The summed E-state index contributed by atoms with van der Waals surface area (Å²) in [6.07, 6.45) is 0. The minimum absolute atomic E-state index is 0.114. The van der Waals surface area contributed by atoms with Gasteiger partial charge in [-0.1, -0.05) is 13.0 Å². The molecule has 0 amide bonds. The Morgan fingerprint density at radius 1 is 1.26 bits per heavy atom. The number of anilines is 2. The van der Waals surface area contributed by atoms with Crippen molar-refractivity contribution in [2.24, 2.45) is 0 Å². The molecule has 0 bridgehead atoms. The van der Waals surface area contributed by atoms with Crippen molar-refractivity contribution in [1.82, 2.24) is 4.90 Å². The van der Waals surface area contributed by atoms with Gasteiger partial charge in [-0.2, -0.15) is 0 Å². The topological polar surface area (TPSA) is 70.4 Å². The second kappa shape index (κ2) is 7.58. The standard InChI is InChI=1S/C13H22N4O2/c1-4-14-11-7-6-8-12(13(11)17(18)19)15-9-10-16(3)5-2/h6-8,14-15H,4-5,9-10H2,1-3H3. The van der Waals surface area contributed by atoms with Gasteiger partial charge in [0.1, 0.15) is 11.4 Å². The molecule has 6 heteroatoms. The summed E-state index contributed by atoms with van der Waals surface area (Å²) in [6.45, 7) is 7.14. The van der Waals surface area contributed by atoms with Crippen LogP contribution in [0.4, 0.5) is 17.1 Å². The maximum absolute atomic E-state index is 11.2. The van der Waals surface area contributed by atoms with E-state index < -0.39 is 0 Å². The smallest absolute Gasteiger partial charge is 0.315 e. The van der Waals surface area contributed by atoms with Gasteiger partial charge in [0, 0.05) is 19.6 Å². The summed E-state index contributed by atoms with van der Waals surface area (Å²) >= 11 is 0. The van der Waals surface area contributed by atoms with E-state index in [0.29, 0.717) is 24.5 Å². The second-order valence-electron chi connectivity index (χ2n) is 4.31. The van der Waals surface area contributed by atoms with Crippen molar-refractivity contribution < 1.29 is 4.92 Å². The molecule has 1 aromatic rings. The van der Waals surface area contributed by atoms with Crippen molar-refractivity contribution in [3.63, 3.8) is 0 Å². The number of hydrogen-bond donors (Lipinski definition) is 2. The Kier molecular flexibility index (Phi) is 6.08. The molecule has 0 saturated heterocycles. The van der Waals surface area contributed by atoms with E-state index in [9.17, 15) is 10.1 Å². The van der Waals surface area contributed by atoms with Gasteiger partial charge in [-0.3, -0.25) is 10.1 Å². The van der Waals surface area contributed by atoms with Crippen LogP contribution in [-0.2, 0) is 0 Å². The van der Waals surface area contributed by atoms with E-state index in [2.05, 4.69) is 22.5 Å². The van der Waals surface area contributed by atoms with E-state index >= 15 is 0 Å². The number of rotatable bonds is 8. The maximum Gasteiger partial charge on any atom is 0.315 e. The van der Waals surface area contributed by atoms with Gasteiger partial charge in [0.25, 0.3) is 0 Å². The highest BCUT2D eigenvalue weighted by Gasteiger charge is 2.18. The molecule has 106 valence electrons. The number of nitrogens with one attached hydrogen (secondary N) is 2. The molecule has 0 radical (unpaired) electrons. The third kappa shape index (κ3) is 4.40. The van der Waals surface area contributed by atoms with Crippen LogP contribution >= 0.6 is 0 Å². The van der Waals surface area contributed by atoms with Crippen molar-refractivity contribution in [2.45, 2.75) is 13.8 Å². The molecular formula is C13H22N4O2. The van der Waals surface area contributed by atoms with Crippen LogP contribution in [0.15, 0.2) is 18.2 Å². The van der Waals surface area contributed by atoms with Gasteiger partial charge in [0.05, 0.1) is 4.92 Å². The first-order valence-electron chi connectivity index (χ1n) is 6.53. The highest BCUT2D eigenvalue weighted by molar-refractivity contribution is 5.76. The Morgan fingerprint density at radius 3 is 2.42 bits per heavy atom.